The first-order valence-corrected chi connectivity index (χ1v) is 9.97. The largest absolute Gasteiger partial charge is 0.491 e. The molecule has 1 fully saturated rings. The summed E-state index contributed by atoms with van der Waals surface area (Å²) in [6.45, 7) is 2.98. The maximum Gasteiger partial charge on any atom is 0.338 e. The molecule has 0 spiro atoms. The van der Waals surface area contributed by atoms with E-state index in [1.54, 1.807) is 43.4 Å². The van der Waals surface area contributed by atoms with Gasteiger partial charge in [0.2, 0.25) is 0 Å². The summed E-state index contributed by atoms with van der Waals surface area (Å²) in [6, 6.07) is 12.6. The number of carbonyl (C=O) groups is 2. The van der Waals surface area contributed by atoms with E-state index in [-0.39, 0.29) is 24.4 Å². The topological polar surface area (TPSA) is 65.1 Å². The van der Waals surface area contributed by atoms with Crippen molar-refractivity contribution >= 4 is 11.9 Å². The summed E-state index contributed by atoms with van der Waals surface area (Å²) in [6.07, 6.45) is 1.19. The summed E-state index contributed by atoms with van der Waals surface area (Å²) in [5.41, 5.74) is 0.981. The van der Waals surface area contributed by atoms with Gasteiger partial charge in [0.1, 0.15) is 18.2 Å². The van der Waals surface area contributed by atoms with Crippen LogP contribution in [0.5, 0.6) is 5.75 Å². The van der Waals surface area contributed by atoms with Crippen LogP contribution in [0.3, 0.4) is 0 Å². The van der Waals surface area contributed by atoms with Crippen molar-refractivity contribution in [1.29, 1.82) is 0 Å². The lowest BCUT2D eigenvalue weighted by molar-refractivity contribution is -0.139. The van der Waals surface area contributed by atoms with Gasteiger partial charge in [-0.1, -0.05) is 12.1 Å². The van der Waals surface area contributed by atoms with Gasteiger partial charge in [0.05, 0.1) is 11.7 Å². The summed E-state index contributed by atoms with van der Waals surface area (Å²) in [7, 11) is 1.58. The van der Waals surface area contributed by atoms with Gasteiger partial charge in [-0.25, -0.2) is 9.18 Å². The van der Waals surface area contributed by atoms with Crippen LogP contribution in [-0.2, 0) is 20.8 Å². The summed E-state index contributed by atoms with van der Waals surface area (Å²) in [5, 5.41) is 0. The van der Waals surface area contributed by atoms with E-state index in [0.717, 1.165) is 19.4 Å². The van der Waals surface area contributed by atoms with Crippen molar-refractivity contribution in [3.63, 3.8) is 0 Å². The van der Waals surface area contributed by atoms with Gasteiger partial charge in [-0.15, -0.1) is 0 Å². The Balaban J connectivity index is 1.49. The Morgan fingerprint density at radius 3 is 2.67 bits per heavy atom. The Morgan fingerprint density at radius 2 is 2.00 bits per heavy atom. The zero-order valence-electron chi connectivity index (χ0n) is 17.2. The van der Waals surface area contributed by atoms with E-state index in [2.05, 4.69) is 0 Å². The highest BCUT2D eigenvalue weighted by atomic mass is 19.1. The standard InChI is InChI=1S/C23H26FNO5/c1-16(22(26)25(2)14-17-5-3-6-19(24)13-17)30-23(27)18-8-10-20(11-9-18)29-15-21-7-4-12-28-21/h3,5-6,8-11,13,16,21H,4,7,12,14-15H2,1-2H3/t16-,21-/m0/s1. The first kappa shape index (κ1) is 21.8. The molecule has 30 heavy (non-hydrogen) atoms. The Labute approximate surface area is 175 Å². The van der Waals surface area contributed by atoms with E-state index >= 15 is 0 Å². The summed E-state index contributed by atoms with van der Waals surface area (Å²) in [4.78, 5) is 26.2. The van der Waals surface area contributed by atoms with Crippen LogP contribution in [0.25, 0.3) is 0 Å². The lowest BCUT2D eigenvalue weighted by Gasteiger charge is -2.21. The smallest absolute Gasteiger partial charge is 0.338 e. The van der Waals surface area contributed by atoms with Gasteiger partial charge >= 0.3 is 5.97 Å². The van der Waals surface area contributed by atoms with E-state index in [9.17, 15) is 14.0 Å². The molecule has 0 saturated carbocycles. The fourth-order valence-corrected chi connectivity index (χ4v) is 3.23. The molecule has 0 N–H and O–H groups in total. The Kier molecular flexibility index (Phi) is 7.41. The highest BCUT2D eigenvalue weighted by Crippen LogP contribution is 2.17. The van der Waals surface area contributed by atoms with Gasteiger partial charge in [0, 0.05) is 20.2 Å². The molecule has 0 aromatic heterocycles. The first-order chi connectivity index (χ1) is 14.4. The molecule has 7 heteroatoms. The molecular weight excluding hydrogens is 389 g/mol. The molecule has 2 aromatic carbocycles. The number of rotatable bonds is 8. The second-order valence-corrected chi connectivity index (χ2v) is 7.34. The van der Waals surface area contributed by atoms with Gasteiger partial charge in [0.25, 0.3) is 5.91 Å². The summed E-state index contributed by atoms with van der Waals surface area (Å²) < 4.78 is 29.8. The Bertz CT molecular complexity index is 864. The van der Waals surface area contributed by atoms with Crippen molar-refractivity contribution in [1.82, 2.24) is 4.90 Å². The van der Waals surface area contributed by atoms with E-state index in [1.807, 2.05) is 0 Å². The third kappa shape index (κ3) is 6.03. The number of benzene rings is 2. The molecule has 0 aliphatic carbocycles. The number of hydrogen-bond donors (Lipinski definition) is 0. The number of esters is 1. The minimum atomic E-state index is -0.966. The quantitative estimate of drug-likeness (QED) is 0.617. The molecule has 1 amide bonds. The number of carbonyl (C=O) groups excluding carboxylic acids is 2. The minimum Gasteiger partial charge on any atom is -0.491 e. The number of likely N-dealkylation sites (N-methyl/N-ethyl adjacent to an activating group) is 1. The van der Waals surface area contributed by atoms with Gasteiger partial charge in [-0.2, -0.15) is 0 Å². The molecule has 1 heterocycles. The second-order valence-electron chi connectivity index (χ2n) is 7.34. The van der Waals surface area contributed by atoms with Crippen LogP contribution >= 0.6 is 0 Å². The number of nitrogens with zero attached hydrogens (tertiary/aromatic N) is 1. The van der Waals surface area contributed by atoms with Crippen molar-refractivity contribution in [2.75, 3.05) is 20.3 Å². The predicted molar refractivity (Wildman–Crippen MR) is 109 cm³/mol. The molecule has 3 rings (SSSR count). The van der Waals surface area contributed by atoms with Crippen LogP contribution in [0.4, 0.5) is 4.39 Å². The highest BCUT2D eigenvalue weighted by Gasteiger charge is 2.22. The van der Waals surface area contributed by atoms with Gasteiger partial charge in [-0.3, -0.25) is 4.79 Å². The fraction of sp³-hybridized carbons (Fsp3) is 0.391. The van der Waals surface area contributed by atoms with Crippen LogP contribution in [0.15, 0.2) is 48.5 Å². The molecule has 0 unspecified atom stereocenters. The zero-order chi connectivity index (χ0) is 21.5. The molecule has 1 aliphatic rings. The van der Waals surface area contributed by atoms with Crippen LogP contribution in [0, 0.1) is 5.82 Å². The predicted octanol–water partition coefficient (Wildman–Crippen LogP) is 3.59. The van der Waals surface area contributed by atoms with E-state index in [1.165, 1.54) is 24.0 Å². The number of halogens is 1. The maximum atomic E-state index is 13.3. The van der Waals surface area contributed by atoms with Crippen LogP contribution in [0.2, 0.25) is 0 Å². The normalized spacial score (nSPS) is 16.7. The maximum absolute atomic E-state index is 13.3. The lowest BCUT2D eigenvalue weighted by atomic mass is 10.2. The van der Waals surface area contributed by atoms with Gasteiger partial charge in [0.15, 0.2) is 6.10 Å². The van der Waals surface area contributed by atoms with E-state index < -0.39 is 12.1 Å². The molecule has 1 aliphatic heterocycles. The fourth-order valence-electron chi connectivity index (χ4n) is 3.23. The molecule has 160 valence electrons. The molecular formula is C23H26FNO5. The van der Waals surface area contributed by atoms with Crippen LogP contribution < -0.4 is 4.74 Å². The Hall–Kier alpha value is -2.93. The number of hydrogen-bond acceptors (Lipinski definition) is 5. The lowest BCUT2D eigenvalue weighted by Crippen LogP contribution is -2.37. The van der Waals surface area contributed by atoms with Crippen molar-refractivity contribution < 1.29 is 28.2 Å². The van der Waals surface area contributed by atoms with Crippen LogP contribution in [-0.4, -0.2) is 49.2 Å². The monoisotopic (exact) mass is 415 g/mol. The molecule has 0 bridgehead atoms. The molecule has 0 radical (unpaired) electrons. The van der Waals surface area contributed by atoms with Gasteiger partial charge < -0.3 is 19.1 Å². The summed E-state index contributed by atoms with van der Waals surface area (Å²) in [5.74, 6) is -0.693. The molecule has 1 saturated heterocycles. The highest BCUT2D eigenvalue weighted by molar-refractivity contribution is 5.92. The van der Waals surface area contributed by atoms with Crippen LogP contribution in [0.1, 0.15) is 35.7 Å². The van der Waals surface area contributed by atoms with Crippen molar-refractivity contribution in [3.05, 3.63) is 65.5 Å². The van der Waals surface area contributed by atoms with E-state index in [4.69, 9.17) is 14.2 Å². The number of amides is 1. The van der Waals surface area contributed by atoms with Gasteiger partial charge in [-0.05, 0) is 61.7 Å². The Morgan fingerprint density at radius 1 is 1.23 bits per heavy atom. The summed E-state index contributed by atoms with van der Waals surface area (Å²) >= 11 is 0. The third-order valence-electron chi connectivity index (χ3n) is 4.87. The van der Waals surface area contributed by atoms with Crippen molar-refractivity contribution in [2.24, 2.45) is 0 Å². The minimum absolute atomic E-state index is 0.117. The number of ether oxygens (including phenoxy) is 3. The molecule has 2 atom stereocenters. The second kappa shape index (κ2) is 10.2. The molecule has 6 nitrogen and oxygen atoms in total. The van der Waals surface area contributed by atoms with E-state index in [0.29, 0.717) is 23.5 Å². The zero-order valence-corrected chi connectivity index (χ0v) is 17.2. The SMILES string of the molecule is C[C@H](OC(=O)c1ccc(OC[C@@H]2CCCO2)cc1)C(=O)N(C)Cc1cccc(F)c1. The first-order valence-electron chi connectivity index (χ1n) is 9.97. The average Bonchev–Trinajstić information content (AvgIpc) is 3.25. The third-order valence-corrected chi connectivity index (χ3v) is 4.87. The van der Waals surface area contributed by atoms with Crippen molar-refractivity contribution in [2.45, 2.75) is 38.5 Å². The average molecular weight is 415 g/mol. The molecule has 2 aromatic rings. The van der Waals surface area contributed by atoms with Crippen molar-refractivity contribution in [3.8, 4) is 5.75 Å².